The number of nitrogens with one attached hydrogen (secondary N) is 2. The van der Waals surface area contributed by atoms with Crippen LogP contribution in [0.1, 0.15) is 30.4 Å². The Morgan fingerprint density at radius 1 is 0.905 bits per heavy atom. The molecule has 0 radical (unpaired) electrons. The molecule has 0 aliphatic carbocycles. The van der Waals surface area contributed by atoms with Gasteiger partial charge in [0.05, 0.1) is 19.0 Å². The van der Waals surface area contributed by atoms with Crippen molar-refractivity contribution in [3.63, 3.8) is 0 Å². The van der Waals surface area contributed by atoms with Gasteiger partial charge in [0.15, 0.2) is 0 Å². The number of rotatable bonds is 19. The molecule has 0 fully saturated rings. The molecule has 18 heteroatoms. The van der Waals surface area contributed by atoms with Crippen molar-refractivity contribution in [2.45, 2.75) is 25.7 Å². The second kappa shape index (κ2) is 18.0. The highest BCUT2D eigenvalue weighted by molar-refractivity contribution is 7.95. The minimum Gasteiger partial charge on any atom is -0.396 e. The van der Waals surface area contributed by atoms with Crippen molar-refractivity contribution >= 4 is 53.4 Å². The average Bonchev–Trinajstić information content (AvgIpc) is 2.96. The Morgan fingerprint density at radius 3 is 2.19 bits per heavy atom. The van der Waals surface area contributed by atoms with Gasteiger partial charge in [0.2, 0.25) is 17.8 Å². The lowest BCUT2D eigenvalue weighted by Gasteiger charge is -2.21. The molecule has 2 aromatic heterocycles. The molecule has 7 N–H and O–H groups in total. The summed E-state index contributed by atoms with van der Waals surface area (Å²) in [7, 11) is 0. The van der Waals surface area contributed by atoms with E-state index in [1.807, 2.05) is 6.07 Å². The number of hydrogen-bond donors (Lipinski definition) is 7. The minimum atomic E-state index is -0.330. The van der Waals surface area contributed by atoms with Gasteiger partial charge in [-0.1, -0.05) is 11.1 Å². The highest BCUT2D eigenvalue weighted by atomic mass is 32.2. The Bertz CT molecular complexity index is 1260. The number of benzene rings is 1. The van der Waals surface area contributed by atoms with Crippen molar-refractivity contribution in [1.82, 2.24) is 29.9 Å². The van der Waals surface area contributed by atoms with Gasteiger partial charge in [0.25, 0.3) is 5.95 Å². The number of aliphatic imine (C=N–C) groups is 1. The lowest BCUT2D eigenvalue weighted by molar-refractivity contribution is -0.432. The zero-order chi connectivity index (χ0) is 30.2. The lowest BCUT2D eigenvalue weighted by Crippen LogP contribution is -2.31. The van der Waals surface area contributed by atoms with Crippen molar-refractivity contribution in [3.05, 3.63) is 35.9 Å². The maximum absolute atomic E-state index is 9.50. The van der Waals surface area contributed by atoms with Crippen LogP contribution in [0, 0.1) is 6.92 Å². The van der Waals surface area contributed by atoms with Crippen LogP contribution >= 0.6 is 12.0 Å². The van der Waals surface area contributed by atoms with E-state index in [0.29, 0.717) is 41.8 Å². The van der Waals surface area contributed by atoms with Gasteiger partial charge in [-0.25, -0.2) is 10.2 Å². The average molecular weight is 607 g/mol. The number of hydrogen-bond acceptors (Lipinski definition) is 18. The van der Waals surface area contributed by atoms with Gasteiger partial charge in [-0.15, -0.1) is 4.33 Å². The van der Waals surface area contributed by atoms with Gasteiger partial charge in [-0.05, 0) is 38.0 Å². The summed E-state index contributed by atoms with van der Waals surface area (Å²) in [5, 5.41) is 55.8. The standard InChI is InChI=1S/C24H34N10O7S/c1-16-26-22(33-24(27-16)34(8-12-37)9-13-38)28-18-3-2-4-19(15-18)29-23-31-20(17(5-10-35)6-11-36)30-21(32-23)25-7-14-42-41-40-39/h2-4,7,15,17,35-39H,5-6,8-14H2,1H3,(H,26,27,28,33)(H,29,30,31,32)/b25-7-. The molecule has 0 spiro atoms. The fraction of sp³-hybridized carbons (Fsp3) is 0.458. The summed E-state index contributed by atoms with van der Waals surface area (Å²) in [6, 6.07) is 7.19. The lowest BCUT2D eigenvalue weighted by atomic mass is 10.0. The third-order valence-electron chi connectivity index (χ3n) is 5.52. The van der Waals surface area contributed by atoms with E-state index < -0.39 is 0 Å². The predicted octanol–water partition coefficient (Wildman–Crippen LogP) is 1.26. The van der Waals surface area contributed by atoms with Gasteiger partial charge in [-0.3, -0.25) is 0 Å². The highest BCUT2D eigenvalue weighted by Crippen LogP contribution is 2.25. The summed E-state index contributed by atoms with van der Waals surface area (Å²) < 4.78 is 4.32. The van der Waals surface area contributed by atoms with Crippen molar-refractivity contribution < 1.29 is 35.1 Å². The van der Waals surface area contributed by atoms with E-state index in [1.165, 1.54) is 6.21 Å². The molecule has 0 saturated heterocycles. The first-order chi connectivity index (χ1) is 20.5. The summed E-state index contributed by atoms with van der Waals surface area (Å²) in [4.78, 5) is 32.2. The SMILES string of the molecule is Cc1nc(Nc2cccc(Nc3nc(/N=C\CSOOO)nc(C(CCO)CCO)n3)c2)nc(N(CCO)CCO)n1. The van der Waals surface area contributed by atoms with E-state index in [1.54, 1.807) is 30.0 Å². The molecule has 228 valence electrons. The van der Waals surface area contributed by atoms with Crippen molar-refractivity contribution in [3.8, 4) is 0 Å². The van der Waals surface area contributed by atoms with Gasteiger partial charge in [0, 0.05) is 61.9 Å². The molecular formula is C24H34N10O7S. The molecule has 0 bridgehead atoms. The summed E-state index contributed by atoms with van der Waals surface area (Å²) in [6.07, 6.45) is 2.13. The molecule has 1 aromatic carbocycles. The monoisotopic (exact) mass is 606 g/mol. The second-order valence-electron chi connectivity index (χ2n) is 8.55. The summed E-state index contributed by atoms with van der Waals surface area (Å²) in [5.41, 5.74) is 1.26. The zero-order valence-corrected chi connectivity index (χ0v) is 23.7. The predicted molar refractivity (Wildman–Crippen MR) is 155 cm³/mol. The molecule has 3 rings (SSSR count). The van der Waals surface area contributed by atoms with Gasteiger partial charge in [-0.2, -0.15) is 29.9 Å². The number of aromatic nitrogens is 6. The molecule has 0 aliphatic heterocycles. The Kier molecular flexibility index (Phi) is 14.1. The third kappa shape index (κ3) is 10.7. The minimum absolute atomic E-state index is 0.0895. The Labute approximate surface area is 245 Å². The van der Waals surface area contributed by atoms with Gasteiger partial charge >= 0.3 is 0 Å². The molecule has 2 heterocycles. The zero-order valence-electron chi connectivity index (χ0n) is 22.9. The molecule has 3 aromatic rings. The summed E-state index contributed by atoms with van der Waals surface area (Å²) in [6.45, 7) is 1.75. The van der Waals surface area contributed by atoms with E-state index in [9.17, 15) is 20.4 Å². The fourth-order valence-corrected chi connectivity index (χ4v) is 3.97. The Hall–Kier alpha value is -3.62. The van der Waals surface area contributed by atoms with Gasteiger partial charge in [0.1, 0.15) is 11.6 Å². The first-order valence-corrected chi connectivity index (χ1v) is 13.8. The normalized spacial score (nSPS) is 11.4. The number of aliphatic hydroxyl groups is 4. The van der Waals surface area contributed by atoms with E-state index in [0.717, 1.165) is 12.0 Å². The second-order valence-corrected chi connectivity index (χ2v) is 9.25. The van der Waals surface area contributed by atoms with E-state index in [4.69, 9.17) is 5.26 Å². The number of aliphatic hydroxyl groups excluding tert-OH is 4. The highest BCUT2D eigenvalue weighted by Gasteiger charge is 2.17. The third-order valence-corrected chi connectivity index (χ3v) is 5.96. The van der Waals surface area contributed by atoms with Crippen LogP contribution in [0.4, 0.5) is 35.2 Å². The molecule has 0 unspecified atom stereocenters. The molecule has 0 amide bonds. The molecule has 0 aliphatic rings. The first kappa shape index (κ1) is 32.9. The quantitative estimate of drug-likeness (QED) is 0.0334. The first-order valence-electron chi connectivity index (χ1n) is 12.9. The Balaban J connectivity index is 1.85. The van der Waals surface area contributed by atoms with Crippen LogP contribution in [0.25, 0.3) is 0 Å². The molecule has 0 saturated carbocycles. The smallest absolute Gasteiger partial charge is 0.254 e. The molecule has 42 heavy (non-hydrogen) atoms. The molecular weight excluding hydrogens is 572 g/mol. The van der Waals surface area contributed by atoms with E-state index >= 15 is 0 Å². The van der Waals surface area contributed by atoms with Crippen LogP contribution in [0.15, 0.2) is 29.3 Å². The maximum Gasteiger partial charge on any atom is 0.254 e. The van der Waals surface area contributed by atoms with Crippen LogP contribution in [-0.2, 0) is 9.37 Å². The number of aryl methyl sites for hydroxylation is 1. The van der Waals surface area contributed by atoms with E-state index in [2.05, 4.69) is 54.9 Å². The number of anilines is 5. The van der Waals surface area contributed by atoms with Crippen LogP contribution in [-0.4, -0.2) is 107 Å². The molecule has 0 atom stereocenters. The largest absolute Gasteiger partial charge is 0.396 e. The van der Waals surface area contributed by atoms with Crippen LogP contribution in [0.3, 0.4) is 0 Å². The summed E-state index contributed by atoms with van der Waals surface area (Å²) in [5.74, 6) is 1.58. The van der Waals surface area contributed by atoms with Crippen molar-refractivity contribution in [2.75, 3.05) is 60.8 Å². The number of nitrogens with zero attached hydrogens (tertiary/aromatic N) is 8. The summed E-state index contributed by atoms with van der Waals surface area (Å²) >= 11 is 0.796. The van der Waals surface area contributed by atoms with Crippen molar-refractivity contribution in [1.29, 1.82) is 0 Å². The topological polar surface area (TPSA) is 237 Å². The Morgan fingerprint density at radius 2 is 1.57 bits per heavy atom. The van der Waals surface area contributed by atoms with Crippen LogP contribution in [0.2, 0.25) is 0 Å². The maximum atomic E-state index is 9.50. The van der Waals surface area contributed by atoms with Gasteiger partial charge < -0.3 is 36.0 Å². The van der Waals surface area contributed by atoms with Crippen LogP contribution < -0.4 is 15.5 Å². The van der Waals surface area contributed by atoms with Crippen molar-refractivity contribution in [2.24, 2.45) is 4.99 Å². The molecule has 17 nitrogen and oxygen atoms in total. The van der Waals surface area contributed by atoms with Crippen LogP contribution in [0.5, 0.6) is 0 Å². The fourth-order valence-electron chi connectivity index (χ4n) is 3.74. The van der Waals surface area contributed by atoms with E-state index in [-0.39, 0.29) is 69.0 Å².